The summed E-state index contributed by atoms with van der Waals surface area (Å²) in [4.78, 5) is 39.2. The molecule has 0 unspecified atom stereocenters. The summed E-state index contributed by atoms with van der Waals surface area (Å²) in [6.45, 7) is 1.67. The molecule has 4 N–H and O–H groups in total. The summed E-state index contributed by atoms with van der Waals surface area (Å²) in [7, 11) is -4.61. The summed E-state index contributed by atoms with van der Waals surface area (Å²) in [6, 6.07) is 0. The van der Waals surface area contributed by atoms with Gasteiger partial charge in [0.15, 0.2) is 0 Å². The van der Waals surface area contributed by atoms with E-state index in [9.17, 15) is 4.79 Å². The fraction of sp³-hybridized carbons (Fsp3) is 0.667. The Morgan fingerprint density at radius 1 is 1.30 bits per heavy atom. The summed E-state index contributed by atoms with van der Waals surface area (Å²) in [5.74, 6) is 0. The minimum absolute atomic E-state index is 0.442. The molecular weight excluding hydrogens is 184 g/mol. The summed E-state index contributed by atoms with van der Waals surface area (Å²) in [5, 5.41) is 0. The van der Waals surface area contributed by atoms with Crippen molar-refractivity contribution in [3.8, 4) is 0 Å². The molecule has 0 saturated heterocycles. The molecule has 0 aromatic rings. The molecule has 0 fully saturated rings. The second-order valence-corrected chi connectivity index (χ2v) is 5.51. The summed E-state index contributed by atoms with van der Waals surface area (Å²) >= 11 is -0.625. The fourth-order valence-electron chi connectivity index (χ4n) is 0. The van der Waals surface area contributed by atoms with Crippen molar-refractivity contribution >= 4 is 44.8 Å². The van der Waals surface area contributed by atoms with E-state index in [-0.39, 0.29) is 0 Å². The number of hydrogen-bond donors (Lipinski definition) is 4. The van der Waals surface area contributed by atoms with Crippen LogP contribution < -0.4 is 0 Å². The van der Waals surface area contributed by atoms with E-state index in [1.54, 1.807) is 6.92 Å². The van der Waals surface area contributed by atoms with Crippen molar-refractivity contribution in [3.05, 3.63) is 0 Å². The van der Waals surface area contributed by atoms with Crippen LogP contribution in [0.3, 0.4) is 0 Å². The van der Waals surface area contributed by atoms with Crippen LogP contribution >= 0.6 is 0 Å². The van der Waals surface area contributed by atoms with Crippen LogP contribution in [0.1, 0.15) is 6.92 Å². The van der Waals surface area contributed by atoms with Crippen LogP contribution in [-0.2, 0) is 4.79 Å². The van der Waals surface area contributed by atoms with Gasteiger partial charge in [0.05, 0.1) is 0 Å². The van der Waals surface area contributed by atoms with Gasteiger partial charge in [-0.3, -0.25) is 0 Å². The van der Waals surface area contributed by atoms with Crippen LogP contribution in [-0.4, -0.2) is 63.9 Å². The molecule has 0 atom stereocenters. The first-order valence-corrected chi connectivity index (χ1v) is 7.76. The number of hydrogen-bond acceptors (Lipinski definition) is 5. The average Bonchev–Trinajstić information content (AvgIpc) is 1.61. The molecule has 0 aliphatic heterocycles. The molecule has 0 rings (SSSR count). The Balaban J connectivity index is 0. The van der Waals surface area contributed by atoms with E-state index >= 15 is 0 Å². The third-order valence-corrected chi connectivity index (χ3v) is 2.05. The number of carbonyl (C=O) groups excluding carboxylic acids is 1. The average molecular weight is 194 g/mol. The molecule has 0 aromatic heterocycles. The molecule has 0 aliphatic carbocycles. The minimum atomic E-state index is -4.61. The van der Waals surface area contributed by atoms with Gasteiger partial charge in [0.1, 0.15) is 0 Å². The van der Waals surface area contributed by atoms with Crippen LogP contribution in [0.15, 0.2) is 0 Å². The van der Waals surface area contributed by atoms with Crippen molar-refractivity contribution in [1.82, 2.24) is 0 Å². The van der Waals surface area contributed by atoms with Gasteiger partial charge in [0, 0.05) is 0 Å². The van der Waals surface area contributed by atoms with Gasteiger partial charge in [-0.05, 0) is 0 Å². The molecule has 0 saturated carbocycles. The fourth-order valence-corrected chi connectivity index (χ4v) is 0. The zero-order chi connectivity index (χ0) is 8.78. The van der Waals surface area contributed by atoms with Crippen LogP contribution in [0.5, 0.6) is 0 Å². The summed E-state index contributed by atoms with van der Waals surface area (Å²) < 4.78 is 2.48. The van der Waals surface area contributed by atoms with Crippen molar-refractivity contribution in [3.63, 3.8) is 0 Å². The molecule has 0 aromatic carbocycles. The number of rotatable bonds is 1. The number of carbonyl (C=O) groups is 1. The standard InChI is InChI=1S/C2H3O.CH3.Ca.H4O4Si/c1-2-3;;;1-5(2,3)4/h1H3;1H3;;1-4H. The van der Waals surface area contributed by atoms with E-state index in [0.717, 1.165) is 0 Å². The van der Waals surface area contributed by atoms with Gasteiger partial charge in [-0.1, -0.05) is 0 Å². The normalized spacial score (nSPS) is 9.00. The maximum atomic E-state index is 9.90. The van der Waals surface area contributed by atoms with Crippen molar-refractivity contribution < 1.29 is 24.0 Å². The first-order valence-electron chi connectivity index (χ1n) is 2.66. The Bertz CT molecular complexity index is 93.6. The van der Waals surface area contributed by atoms with E-state index in [1.807, 2.05) is 3.02 Å². The second-order valence-electron chi connectivity index (χ2n) is 1.66. The van der Waals surface area contributed by atoms with Gasteiger partial charge in [-0.25, -0.2) is 0 Å². The third-order valence-electron chi connectivity index (χ3n) is 0.498. The van der Waals surface area contributed by atoms with Crippen LogP contribution in [0.2, 0.25) is 3.02 Å². The Morgan fingerprint density at radius 2 is 1.40 bits per heavy atom. The van der Waals surface area contributed by atoms with Crippen molar-refractivity contribution in [2.75, 3.05) is 0 Å². The molecule has 0 spiro atoms. The molecule has 0 heterocycles. The van der Waals surface area contributed by atoms with E-state index in [1.165, 1.54) is 0 Å². The van der Waals surface area contributed by atoms with Gasteiger partial charge < -0.3 is 19.2 Å². The zero-order valence-corrected chi connectivity index (χ0v) is 9.11. The first kappa shape index (κ1) is 13.6. The molecular formula is C3H10CaO5Si. The summed E-state index contributed by atoms with van der Waals surface area (Å²) in [6.07, 6.45) is 0. The molecule has 7 heteroatoms. The van der Waals surface area contributed by atoms with E-state index in [2.05, 4.69) is 0 Å². The molecule has 0 aliphatic rings. The second kappa shape index (κ2) is 6.68. The first-order chi connectivity index (χ1) is 4.27. The molecule has 58 valence electrons. The molecule has 10 heavy (non-hydrogen) atoms. The topological polar surface area (TPSA) is 98.0 Å². The van der Waals surface area contributed by atoms with E-state index < -0.39 is 42.9 Å². The Kier molecular flexibility index (Phi) is 9.07. The van der Waals surface area contributed by atoms with Crippen LogP contribution in [0.25, 0.3) is 0 Å². The van der Waals surface area contributed by atoms with Crippen LogP contribution in [0, 0.1) is 0 Å². The molecule has 0 amide bonds. The van der Waals surface area contributed by atoms with E-state index in [4.69, 9.17) is 19.2 Å². The predicted octanol–water partition coefficient (Wildman–Crippen LogP) is -2.32. The SMILES string of the molecule is O[Si](O)(O)O.[CH3][Ca][C](C)=O. The third kappa shape index (κ3) is 64.3. The quantitative estimate of drug-likeness (QED) is 0.351. The van der Waals surface area contributed by atoms with Crippen molar-refractivity contribution in [1.29, 1.82) is 0 Å². The molecule has 0 bridgehead atoms. The van der Waals surface area contributed by atoms with Gasteiger partial charge in [0.25, 0.3) is 0 Å². The Labute approximate surface area is 78.1 Å². The van der Waals surface area contributed by atoms with Gasteiger partial charge in [-0.2, -0.15) is 0 Å². The molecule has 0 radical (unpaired) electrons. The predicted molar refractivity (Wildman–Crippen MR) is 36.9 cm³/mol. The Morgan fingerprint density at radius 3 is 1.40 bits per heavy atom. The van der Waals surface area contributed by atoms with Crippen LogP contribution in [0.4, 0.5) is 0 Å². The summed E-state index contributed by atoms with van der Waals surface area (Å²) in [5.41, 5.74) is 0. The van der Waals surface area contributed by atoms with Gasteiger partial charge in [-0.15, -0.1) is 0 Å². The van der Waals surface area contributed by atoms with E-state index in [0.29, 0.717) is 1.88 Å². The maximum absolute atomic E-state index is 9.90. The Hall–Kier alpha value is 0.987. The van der Waals surface area contributed by atoms with Crippen molar-refractivity contribution in [2.45, 2.75) is 9.94 Å². The van der Waals surface area contributed by atoms with Crippen molar-refractivity contribution in [2.24, 2.45) is 0 Å². The van der Waals surface area contributed by atoms with Gasteiger partial charge in [0.2, 0.25) is 0 Å². The van der Waals surface area contributed by atoms with Gasteiger partial charge >= 0.3 is 59.5 Å². The zero-order valence-electron chi connectivity index (χ0n) is 5.90. The molecule has 5 nitrogen and oxygen atoms in total. The monoisotopic (exact) mass is 194 g/mol.